The summed E-state index contributed by atoms with van der Waals surface area (Å²) >= 11 is 0. The van der Waals surface area contributed by atoms with Crippen molar-refractivity contribution in [2.24, 2.45) is 5.92 Å². The Morgan fingerprint density at radius 2 is 1.62 bits per heavy atom. The molecule has 0 unspecified atom stereocenters. The SMILES string of the molecule is CCCCOc1ccc(C[C@H](NC(=O)[C@@H](NC(=O)OCc2ccccc2)C(C)C)C(=O)O)cc1. The zero-order valence-electron chi connectivity index (χ0n) is 20.0. The van der Waals surface area contributed by atoms with Crippen molar-refractivity contribution in [1.82, 2.24) is 10.6 Å². The van der Waals surface area contributed by atoms with E-state index < -0.39 is 30.1 Å². The first kappa shape index (κ1) is 26.7. The van der Waals surface area contributed by atoms with Crippen LogP contribution in [-0.2, 0) is 27.4 Å². The van der Waals surface area contributed by atoms with Crippen LogP contribution in [0.1, 0.15) is 44.7 Å². The number of ether oxygens (including phenoxy) is 2. The predicted molar refractivity (Wildman–Crippen MR) is 129 cm³/mol. The molecule has 3 N–H and O–H groups in total. The Kier molecular flexibility index (Phi) is 10.9. The number of alkyl carbamates (subject to hydrolysis) is 1. The molecule has 2 aromatic rings. The molecule has 0 aromatic heterocycles. The van der Waals surface area contributed by atoms with E-state index in [1.54, 1.807) is 38.1 Å². The topological polar surface area (TPSA) is 114 Å². The highest BCUT2D eigenvalue weighted by Crippen LogP contribution is 2.14. The number of nitrogens with one attached hydrogen (secondary N) is 2. The molecule has 0 heterocycles. The van der Waals surface area contributed by atoms with Gasteiger partial charge >= 0.3 is 12.1 Å². The van der Waals surface area contributed by atoms with Gasteiger partial charge in [0.25, 0.3) is 0 Å². The molecule has 8 heteroatoms. The number of carboxylic acid groups (broad SMARTS) is 1. The Morgan fingerprint density at radius 1 is 0.941 bits per heavy atom. The maximum absolute atomic E-state index is 12.8. The Morgan fingerprint density at radius 3 is 2.21 bits per heavy atom. The average molecular weight is 471 g/mol. The Bertz CT molecular complexity index is 915. The second kappa shape index (κ2) is 13.9. The third-order valence-electron chi connectivity index (χ3n) is 5.18. The number of unbranched alkanes of at least 4 members (excludes halogenated alkanes) is 1. The highest BCUT2D eigenvalue weighted by molar-refractivity contribution is 5.89. The average Bonchev–Trinajstić information content (AvgIpc) is 2.82. The van der Waals surface area contributed by atoms with Crippen LogP contribution in [0.15, 0.2) is 54.6 Å². The number of hydrogen-bond acceptors (Lipinski definition) is 5. The van der Waals surface area contributed by atoms with Crippen molar-refractivity contribution >= 4 is 18.0 Å². The lowest BCUT2D eigenvalue weighted by molar-refractivity contribution is -0.142. The number of aliphatic carboxylic acids is 1. The van der Waals surface area contributed by atoms with E-state index >= 15 is 0 Å². The van der Waals surface area contributed by atoms with E-state index in [-0.39, 0.29) is 18.9 Å². The number of benzene rings is 2. The first-order chi connectivity index (χ1) is 16.3. The van der Waals surface area contributed by atoms with Crippen LogP contribution in [0.25, 0.3) is 0 Å². The van der Waals surface area contributed by atoms with Crippen molar-refractivity contribution in [3.05, 3.63) is 65.7 Å². The van der Waals surface area contributed by atoms with Crippen LogP contribution in [0.2, 0.25) is 0 Å². The predicted octanol–water partition coefficient (Wildman–Crippen LogP) is 3.93. The van der Waals surface area contributed by atoms with Crippen LogP contribution in [0.3, 0.4) is 0 Å². The summed E-state index contributed by atoms with van der Waals surface area (Å²) in [5, 5.41) is 14.7. The fourth-order valence-corrected chi connectivity index (χ4v) is 3.18. The van der Waals surface area contributed by atoms with E-state index in [1.165, 1.54) is 0 Å². The van der Waals surface area contributed by atoms with Gasteiger partial charge in [-0.15, -0.1) is 0 Å². The fourth-order valence-electron chi connectivity index (χ4n) is 3.18. The van der Waals surface area contributed by atoms with Gasteiger partial charge in [-0.2, -0.15) is 0 Å². The van der Waals surface area contributed by atoms with Crippen molar-refractivity contribution in [2.45, 2.75) is 58.7 Å². The molecule has 8 nitrogen and oxygen atoms in total. The monoisotopic (exact) mass is 470 g/mol. The van der Waals surface area contributed by atoms with Crippen LogP contribution in [-0.4, -0.2) is 41.8 Å². The highest BCUT2D eigenvalue weighted by Gasteiger charge is 2.29. The second-order valence-electron chi connectivity index (χ2n) is 8.38. The van der Waals surface area contributed by atoms with Gasteiger partial charge in [0, 0.05) is 6.42 Å². The molecule has 0 bridgehead atoms. The summed E-state index contributed by atoms with van der Waals surface area (Å²) in [6.45, 7) is 6.29. The summed E-state index contributed by atoms with van der Waals surface area (Å²) in [6.07, 6.45) is 1.34. The maximum Gasteiger partial charge on any atom is 0.408 e. The Balaban J connectivity index is 1.94. The van der Waals surface area contributed by atoms with E-state index in [4.69, 9.17) is 9.47 Å². The number of hydrogen-bond donors (Lipinski definition) is 3. The molecule has 2 amide bonds. The minimum Gasteiger partial charge on any atom is -0.494 e. The van der Waals surface area contributed by atoms with Crippen molar-refractivity contribution < 1.29 is 29.0 Å². The number of carboxylic acids is 1. The summed E-state index contributed by atoms with van der Waals surface area (Å²) in [7, 11) is 0. The molecule has 0 radical (unpaired) electrons. The second-order valence-corrected chi connectivity index (χ2v) is 8.38. The minimum absolute atomic E-state index is 0.0645. The van der Waals surface area contributed by atoms with Gasteiger partial charge in [0.2, 0.25) is 5.91 Å². The van der Waals surface area contributed by atoms with Crippen LogP contribution >= 0.6 is 0 Å². The molecule has 0 aliphatic carbocycles. The van der Waals surface area contributed by atoms with E-state index in [2.05, 4.69) is 17.6 Å². The molecule has 184 valence electrons. The van der Waals surface area contributed by atoms with Gasteiger partial charge in [-0.1, -0.05) is 69.7 Å². The van der Waals surface area contributed by atoms with E-state index in [0.717, 1.165) is 24.0 Å². The van der Waals surface area contributed by atoms with Gasteiger partial charge in [0.15, 0.2) is 0 Å². The Hall–Kier alpha value is -3.55. The smallest absolute Gasteiger partial charge is 0.408 e. The van der Waals surface area contributed by atoms with Gasteiger partial charge < -0.3 is 25.2 Å². The molecule has 0 saturated heterocycles. The first-order valence-corrected chi connectivity index (χ1v) is 11.5. The van der Waals surface area contributed by atoms with Crippen LogP contribution in [0.4, 0.5) is 4.79 Å². The summed E-state index contributed by atoms with van der Waals surface area (Å²) in [5.74, 6) is -1.31. The van der Waals surface area contributed by atoms with Crippen molar-refractivity contribution in [2.75, 3.05) is 6.61 Å². The lowest BCUT2D eigenvalue weighted by atomic mass is 10.0. The normalized spacial score (nSPS) is 12.5. The summed E-state index contributed by atoms with van der Waals surface area (Å²) < 4.78 is 10.8. The third-order valence-corrected chi connectivity index (χ3v) is 5.18. The highest BCUT2D eigenvalue weighted by atomic mass is 16.5. The van der Waals surface area contributed by atoms with Gasteiger partial charge in [-0.05, 0) is 35.6 Å². The zero-order chi connectivity index (χ0) is 24.9. The molecular formula is C26H34N2O6. The molecular weight excluding hydrogens is 436 g/mol. The fraction of sp³-hybridized carbons (Fsp3) is 0.423. The van der Waals surface area contributed by atoms with E-state index in [9.17, 15) is 19.5 Å². The van der Waals surface area contributed by atoms with Gasteiger partial charge in [0.1, 0.15) is 24.4 Å². The number of carbonyl (C=O) groups is 3. The van der Waals surface area contributed by atoms with Crippen LogP contribution in [0.5, 0.6) is 5.75 Å². The quantitative estimate of drug-likeness (QED) is 0.382. The van der Waals surface area contributed by atoms with Crippen LogP contribution in [0, 0.1) is 5.92 Å². The standard InChI is InChI=1S/C26H34N2O6/c1-4-5-15-33-21-13-11-19(12-14-21)16-22(25(30)31)27-24(29)23(18(2)3)28-26(32)34-17-20-9-7-6-8-10-20/h6-14,18,22-23H,4-5,15-17H2,1-3H3,(H,27,29)(H,28,32)(H,30,31)/t22-,23-/m0/s1. The molecule has 0 fully saturated rings. The number of amides is 2. The summed E-state index contributed by atoms with van der Waals surface area (Å²) in [6, 6.07) is 14.2. The van der Waals surface area contributed by atoms with Crippen molar-refractivity contribution in [1.29, 1.82) is 0 Å². The largest absolute Gasteiger partial charge is 0.494 e. The first-order valence-electron chi connectivity index (χ1n) is 11.5. The zero-order valence-corrected chi connectivity index (χ0v) is 20.0. The van der Waals surface area contributed by atoms with E-state index in [1.807, 2.05) is 30.3 Å². The third kappa shape index (κ3) is 9.13. The minimum atomic E-state index is -1.16. The lowest BCUT2D eigenvalue weighted by Crippen LogP contribution is -2.54. The number of rotatable bonds is 13. The lowest BCUT2D eigenvalue weighted by Gasteiger charge is -2.24. The Labute approximate surface area is 200 Å². The summed E-state index contributed by atoms with van der Waals surface area (Å²) in [4.78, 5) is 36.9. The molecule has 2 aromatic carbocycles. The molecule has 0 aliphatic heterocycles. The van der Waals surface area contributed by atoms with Gasteiger partial charge in [-0.25, -0.2) is 9.59 Å². The molecule has 2 atom stereocenters. The maximum atomic E-state index is 12.8. The van der Waals surface area contributed by atoms with Crippen molar-refractivity contribution in [3.8, 4) is 5.75 Å². The van der Waals surface area contributed by atoms with Crippen LogP contribution < -0.4 is 15.4 Å². The molecule has 2 rings (SSSR count). The summed E-state index contributed by atoms with van der Waals surface area (Å²) in [5.41, 5.74) is 1.56. The molecule has 0 saturated carbocycles. The van der Waals surface area contributed by atoms with Crippen molar-refractivity contribution in [3.63, 3.8) is 0 Å². The number of carbonyl (C=O) groups excluding carboxylic acids is 2. The van der Waals surface area contributed by atoms with Gasteiger partial charge in [-0.3, -0.25) is 4.79 Å². The molecule has 34 heavy (non-hydrogen) atoms. The molecule has 0 spiro atoms. The van der Waals surface area contributed by atoms with Gasteiger partial charge in [0.05, 0.1) is 6.61 Å². The van der Waals surface area contributed by atoms with E-state index in [0.29, 0.717) is 12.4 Å². The molecule has 0 aliphatic rings.